The van der Waals surface area contributed by atoms with Gasteiger partial charge in [-0.2, -0.15) is 0 Å². The monoisotopic (exact) mass is 358 g/mol. The van der Waals surface area contributed by atoms with E-state index in [0.29, 0.717) is 12.3 Å². The lowest BCUT2D eigenvalue weighted by molar-refractivity contribution is 0.0771. The first kappa shape index (κ1) is 20.1. The molecule has 0 saturated carbocycles. The van der Waals surface area contributed by atoms with Gasteiger partial charge in [-0.05, 0) is 62.9 Å². The van der Waals surface area contributed by atoms with E-state index in [1.54, 1.807) is 24.3 Å². The Kier molecular flexibility index (Phi) is 7.75. The lowest BCUT2D eigenvalue weighted by Crippen LogP contribution is -2.38. The molecule has 2 N–H and O–H groups in total. The van der Waals surface area contributed by atoms with Gasteiger partial charge in [0.15, 0.2) is 0 Å². The molecule has 0 aliphatic rings. The van der Waals surface area contributed by atoms with Crippen LogP contribution in [-0.4, -0.2) is 61.1 Å². The molecule has 0 saturated heterocycles. The molecule has 2 aromatic rings. The molecular formula is C21H30N2O3. The smallest absolute Gasteiger partial charge is 0.119 e. The molecule has 5 nitrogen and oxygen atoms in total. The van der Waals surface area contributed by atoms with E-state index in [-0.39, 0.29) is 12.4 Å². The maximum absolute atomic E-state index is 10.2. The Bertz CT molecular complexity index is 661. The first-order valence-electron chi connectivity index (χ1n) is 9.08. The van der Waals surface area contributed by atoms with E-state index in [1.807, 2.05) is 7.05 Å². The van der Waals surface area contributed by atoms with E-state index in [4.69, 9.17) is 4.74 Å². The molecule has 2 aromatic carbocycles. The molecule has 1 atom stereocenters. The number of likely N-dealkylation sites (N-methyl/N-ethyl adjacent to an activating group) is 2. The van der Waals surface area contributed by atoms with Gasteiger partial charge in [-0.15, -0.1) is 0 Å². The maximum Gasteiger partial charge on any atom is 0.119 e. The van der Waals surface area contributed by atoms with Gasteiger partial charge in [-0.25, -0.2) is 0 Å². The van der Waals surface area contributed by atoms with E-state index < -0.39 is 6.10 Å². The minimum absolute atomic E-state index is 0.201. The van der Waals surface area contributed by atoms with E-state index in [0.717, 1.165) is 19.6 Å². The van der Waals surface area contributed by atoms with Crippen LogP contribution in [0.2, 0.25) is 0 Å². The predicted octanol–water partition coefficient (Wildman–Crippen LogP) is 2.90. The third-order valence-electron chi connectivity index (χ3n) is 4.30. The van der Waals surface area contributed by atoms with Crippen molar-refractivity contribution in [1.82, 2.24) is 4.90 Å². The van der Waals surface area contributed by atoms with Crippen molar-refractivity contribution in [2.24, 2.45) is 0 Å². The summed E-state index contributed by atoms with van der Waals surface area (Å²) in [4.78, 5) is 4.45. The number of ether oxygens (including phenoxy) is 1. The van der Waals surface area contributed by atoms with Crippen molar-refractivity contribution >= 4 is 5.69 Å². The number of rotatable bonds is 10. The van der Waals surface area contributed by atoms with Crippen LogP contribution >= 0.6 is 0 Å². The van der Waals surface area contributed by atoms with Gasteiger partial charge in [0, 0.05) is 31.9 Å². The Balaban J connectivity index is 1.74. The van der Waals surface area contributed by atoms with Crippen molar-refractivity contribution in [1.29, 1.82) is 0 Å². The highest BCUT2D eigenvalue weighted by atomic mass is 16.5. The number of anilines is 1. The normalized spacial score (nSPS) is 12.2. The van der Waals surface area contributed by atoms with Gasteiger partial charge in [0.2, 0.25) is 0 Å². The second-order valence-corrected chi connectivity index (χ2v) is 6.64. The number of aliphatic hydroxyl groups is 1. The summed E-state index contributed by atoms with van der Waals surface area (Å²) >= 11 is 0. The van der Waals surface area contributed by atoms with Gasteiger partial charge in [0.05, 0.1) is 0 Å². The second-order valence-electron chi connectivity index (χ2n) is 6.64. The molecule has 142 valence electrons. The molecule has 2 rings (SSSR count). The highest BCUT2D eigenvalue weighted by molar-refractivity contribution is 5.48. The predicted molar refractivity (Wildman–Crippen MR) is 106 cm³/mol. The summed E-state index contributed by atoms with van der Waals surface area (Å²) in [6.07, 6.45) is -0.567. The lowest BCUT2D eigenvalue weighted by Gasteiger charge is -2.27. The first-order chi connectivity index (χ1) is 12.5. The van der Waals surface area contributed by atoms with Gasteiger partial charge >= 0.3 is 0 Å². The number of aromatic hydroxyl groups is 1. The Morgan fingerprint density at radius 1 is 1.08 bits per heavy atom. The Morgan fingerprint density at radius 2 is 1.81 bits per heavy atom. The SMILES string of the molecule is CCN(CCN(C)CC(O)COc1ccc(O)cc1)c1cccc(C)c1. The number of aryl methyl sites for hydroxylation is 1. The molecule has 0 fully saturated rings. The van der Waals surface area contributed by atoms with Crippen molar-refractivity contribution in [2.45, 2.75) is 20.0 Å². The van der Waals surface area contributed by atoms with E-state index in [9.17, 15) is 10.2 Å². The van der Waals surface area contributed by atoms with Gasteiger partial charge in [0.25, 0.3) is 0 Å². The third-order valence-corrected chi connectivity index (χ3v) is 4.30. The third kappa shape index (κ3) is 6.58. The zero-order valence-electron chi connectivity index (χ0n) is 15.9. The number of hydrogen-bond acceptors (Lipinski definition) is 5. The fourth-order valence-corrected chi connectivity index (χ4v) is 2.82. The number of phenols is 1. The van der Waals surface area contributed by atoms with Crippen molar-refractivity contribution in [3.63, 3.8) is 0 Å². The van der Waals surface area contributed by atoms with Crippen molar-refractivity contribution in [2.75, 3.05) is 44.7 Å². The van der Waals surface area contributed by atoms with Gasteiger partial charge in [-0.3, -0.25) is 0 Å². The highest BCUT2D eigenvalue weighted by Gasteiger charge is 2.11. The molecule has 0 amide bonds. The Morgan fingerprint density at radius 3 is 2.46 bits per heavy atom. The second kappa shape index (κ2) is 10.0. The molecule has 26 heavy (non-hydrogen) atoms. The summed E-state index contributed by atoms with van der Waals surface area (Å²) < 4.78 is 5.55. The van der Waals surface area contributed by atoms with E-state index in [2.05, 4.69) is 47.9 Å². The van der Waals surface area contributed by atoms with Gasteiger partial charge in [0.1, 0.15) is 24.2 Å². The summed E-state index contributed by atoms with van der Waals surface area (Å²) in [6.45, 7) is 7.74. The quantitative estimate of drug-likeness (QED) is 0.684. The zero-order valence-corrected chi connectivity index (χ0v) is 15.9. The number of nitrogens with zero attached hydrogens (tertiary/aromatic N) is 2. The number of benzene rings is 2. The molecule has 5 heteroatoms. The standard InChI is InChI=1S/C21H30N2O3/c1-4-23(18-7-5-6-17(2)14-18)13-12-22(3)15-20(25)16-26-21-10-8-19(24)9-11-21/h5-11,14,20,24-25H,4,12-13,15-16H2,1-3H3. The highest BCUT2D eigenvalue weighted by Crippen LogP contribution is 2.17. The summed E-state index contributed by atoms with van der Waals surface area (Å²) in [5.74, 6) is 0.841. The maximum atomic E-state index is 10.2. The van der Waals surface area contributed by atoms with Crippen molar-refractivity contribution in [3.05, 3.63) is 54.1 Å². The molecule has 0 spiro atoms. The molecule has 0 bridgehead atoms. The summed E-state index contributed by atoms with van der Waals surface area (Å²) in [5, 5.41) is 19.4. The summed E-state index contributed by atoms with van der Waals surface area (Å²) in [7, 11) is 2.01. The van der Waals surface area contributed by atoms with Crippen LogP contribution in [0.15, 0.2) is 48.5 Å². The number of aliphatic hydroxyl groups excluding tert-OH is 1. The minimum Gasteiger partial charge on any atom is -0.508 e. The topological polar surface area (TPSA) is 56.2 Å². The summed E-state index contributed by atoms with van der Waals surface area (Å²) in [5.41, 5.74) is 2.49. The van der Waals surface area contributed by atoms with Crippen molar-refractivity contribution in [3.8, 4) is 11.5 Å². The average molecular weight is 358 g/mol. The Labute approximate surface area is 156 Å². The fourth-order valence-electron chi connectivity index (χ4n) is 2.82. The fraction of sp³-hybridized carbons (Fsp3) is 0.429. The van der Waals surface area contributed by atoms with Crippen LogP contribution in [0.1, 0.15) is 12.5 Å². The van der Waals surface area contributed by atoms with Crippen LogP contribution in [-0.2, 0) is 0 Å². The minimum atomic E-state index is -0.567. The van der Waals surface area contributed by atoms with Gasteiger partial charge in [-0.1, -0.05) is 12.1 Å². The molecular weight excluding hydrogens is 328 g/mol. The van der Waals surface area contributed by atoms with Crippen LogP contribution < -0.4 is 9.64 Å². The van der Waals surface area contributed by atoms with E-state index >= 15 is 0 Å². The largest absolute Gasteiger partial charge is 0.508 e. The molecule has 1 unspecified atom stereocenters. The number of hydrogen-bond donors (Lipinski definition) is 2. The zero-order chi connectivity index (χ0) is 18.9. The van der Waals surface area contributed by atoms with Crippen LogP contribution in [0.25, 0.3) is 0 Å². The molecule has 0 aliphatic heterocycles. The molecule has 0 radical (unpaired) electrons. The first-order valence-corrected chi connectivity index (χ1v) is 9.08. The number of phenolic OH excluding ortho intramolecular Hbond substituents is 1. The van der Waals surface area contributed by atoms with E-state index in [1.165, 1.54) is 11.3 Å². The van der Waals surface area contributed by atoms with Crippen LogP contribution in [0.4, 0.5) is 5.69 Å². The lowest BCUT2D eigenvalue weighted by atomic mass is 10.2. The average Bonchev–Trinajstić information content (AvgIpc) is 2.62. The molecule has 0 aliphatic carbocycles. The van der Waals surface area contributed by atoms with Crippen LogP contribution in [0, 0.1) is 6.92 Å². The molecule has 0 aromatic heterocycles. The van der Waals surface area contributed by atoms with Crippen molar-refractivity contribution < 1.29 is 14.9 Å². The summed E-state index contributed by atoms with van der Waals surface area (Å²) in [6, 6.07) is 15.0. The Hall–Kier alpha value is -2.24. The van der Waals surface area contributed by atoms with Gasteiger partial charge < -0.3 is 24.7 Å². The molecule has 0 heterocycles. The van der Waals surface area contributed by atoms with Crippen LogP contribution in [0.3, 0.4) is 0 Å². The van der Waals surface area contributed by atoms with Crippen LogP contribution in [0.5, 0.6) is 11.5 Å².